The van der Waals surface area contributed by atoms with Crippen LogP contribution in [0.4, 0.5) is 0 Å². The fourth-order valence-corrected chi connectivity index (χ4v) is 5.11. The molecule has 0 atom stereocenters. The van der Waals surface area contributed by atoms with E-state index in [0.29, 0.717) is 12.5 Å². The first kappa shape index (κ1) is 21.6. The van der Waals surface area contributed by atoms with Crippen molar-refractivity contribution in [1.82, 2.24) is 20.4 Å². The van der Waals surface area contributed by atoms with Gasteiger partial charge in [0.2, 0.25) is 11.8 Å². The van der Waals surface area contributed by atoms with Crippen LogP contribution in [0.2, 0.25) is 0 Å². The van der Waals surface area contributed by atoms with Gasteiger partial charge in [-0.15, -0.1) is 0 Å². The number of nitrogens with one attached hydrogen (secondary N) is 2. The molecule has 6 nitrogen and oxygen atoms in total. The summed E-state index contributed by atoms with van der Waals surface area (Å²) in [7, 11) is 2.01. The molecule has 0 unspecified atom stereocenters. The largest absolute Gasteiger partial charge is 0.352 e. The maximum Gasteiger partial charge on any atom is 0.234 e. The third-order valence-corrected chi connectivity index (χ3v) is 7.00. The first-order chi connectivity index (χ1) is 13.7. The highest BCUT2D eigenvalue weighted by Gasteiger charge is 2.30. The van der Waals surface area contributed by atoms with Gasteiger partial charge in [0.1, 0.15) is 0 Å². The van der Waals surface area contributed by atoms with E-state index in [-0.39, 0.29) is 17.9 Å². The number of carbonyl (C=O) groups excluding carboxylic acids is 2. The monoisotopic (exact) mass is 392 g/mol. The normalized spacial score (nSPS) is 23.7. The van der Waals surface area contributed by atoms with Crippen molar-refractivity contribution >= 4 is 11.8 Å². The summed E-state index contributed by atoms with van der Waals surface area (Å²) >= 11 is 0. The van der Waals surface area contributed by atoms with E-state index in [0.717, 1.165) is 64.3 Å². The molecule has 28 heavy (non-hydrogen) atoms. The summed E-state index contributed by atoms with van der Waals surface area (Å²) in [5.41, 5.74) is 0. The van der Waals surface area contributed by atoms with E-state index in [4.69, 9.17) is 0 Å². The van der Waals surface area contributed by atoms with Crippen molar-refractivity contribution in [3.63, 3.8) is 0 Å². The average Bonchev–Trinajstić information content (AvgIpc) is 2.74. The third kappa shape index (κ3) is 6.45. The van der Waals surface area contributed by atoms with Crippen LogP contribution in [0.5, 0.6) is 0 Å². The topological polar surface area (TPSA) is 64.7 Å². The molecule has 2 heterocycles. The van der Waals surface area contributed by atoms with Crippen LogP contribution < -0.4 is 10.6 Å². The minimum absolute atomic E-state index is 0.158. The predicted octanol–water partition coefficient (Wildman–Crippen LogP) is 2.00. The first-order valence-electron chi connectivity index (χ1n) is 11.6. The summed E-state index contributed by atoms with van der Waals surface area (Å²) in [5.74, 6) is 1.59. The van der Waals surface area contributed by atoms with Gasteiger partial charge in [0.05, 0.1) is 6.54 Å². The van der Waals surface area contributed by atoms with Crippen molar-refractivity contribution in [2.45, 2.75) is 70.3 Å². The van der Waals surface area contributed by atoms with Crippen molar-refractivity contribution < 1.29 is 9.59 Å². The van der Waals surface area contributed by atoms with Crippen LogP contribution in [0.3, 0.4) is 0 Å². The molecular weight excluding hydrogens is 352 g/mol. The van der Waals surface area contributed by atoms with Crippen molar-refractivity contribution in [1.29, 1.82) is 0 Å². The molecule has 0 aromatic heterocycles. The lowest BCUT2D eigenvalue weighted by Crippen LogP contribution is -2.50. The summed E-state index contributed by atoms with van der Waals surface area (Å²) in [5, 5.41) is 6.45. The standard InChI is InChI=1S/C22H40N4O2/c1-23-12-7-18-8-13-25(14-9-18)17-21(27)24-20-10-15-26(16-11-20)22(28)19-5-3-2-4-6-19/h18-20,23H,2-17H2,1H3,(H,24,27). The lowest BCUT2D eigenvalue weighted by atomic mass is 9.87. The summed E-state index contributed by atoms with van der Waals surface area (Å²) in [4.78, 5) is 29.5. The van der Waals surface area contributed by atoms with Gasteiger partial charge in [-0.25, -0.2) is 0 Å². The van der Waals surface area contributed by atoms with Gasteiger partial charge in [-0.05, 0) is 77.5 Å². The number of piperidine rings is 2. The Morgan fingerprint density at radius 1 is 0.893 bits per heavy atom. The highest BCUT2D eigenvalue weighted by Crippen LogP contribution is 2.26. The lowest BCUT2D eigenvalue weighted by Gasteiger charge is -2.36. The van der Waals surface area contributed by atoms with Crippen LogP contribution in [0.25, 0.3) is 0 Å². The Kier molecular flexibility index (Phi) is 8.59. The summed E-state index contributed by atoms with van der Waals surface area (Å²) < 4.78 is 0. The molecule has 0 radical (unpaired) electrons. The molecule has 0 spiro atoms. The fourth-order valence-electron chi connectivity index (χ4n) is 5.11. The van der Waals surface area contributed by atoms with E-state index < -0.39 is 0 Å². The highest BCUT2D eigenvalue weighted by atomic mass is 16.2. The van der Waals surface area contributed by atoms with Crippen LogP contribution in [-0.2, 0) is 9.59 Å². The average molecular weight is 393 g/mol. The van der Waals surface area contributed by atoms with E-state index in [1.807, 2.05) is 7.05 Å². The Morgan fingerprint density at radius 2 is 1.57 bits per heavy atom. The molecule has 2 aliphatic heterocycles. The Hall–Kier alpha value is -1.14. The van der Waals surface area contributed by atoms with Gasteiger partial charge in [-0.3, -0.25) is 14.5 Å². The first-order valence-corrected chi connectivity index (χ1v) is 11.6. The van der Waals surface area contributed by atoms with E-state index in [1.54, 1.807) is 0 Å². The number of rotatable bonds is 7. The zero-order valence-electron chi connectivity index (χ0n) is 17.8. The van der Waals surface area contributed by atoms with Crippen LogP contribution in [0.1, 0.15) is 64.2 Å². The minimum Gasteiger partial charge on any atom is -0.352 e. The third-order valence-electron chi connectivity index (χ3n) is 7.00. The number of hydrogen-bond acceptors (Lipinski definition) is 4. The SMILES string of the molecule is CNCCC1CCN(CC(=O)NC2CCN(C(=O)C3CCCCC3)CC2)CC1. The van der Waals surface area contributed by atoms with E-state index in [2.05, 4.69) is 20.4 Å². The molecule has 3 fully saturated rings. The van der Waals surface area contributed by atoms with Gasteiger partial charge in [-0.1, -0.05) is 19.3 Å². The number of likely N-dealkylation sites (tertiary alicyclic amines) is 2. The van der Waals surface area contributed by atoms with E-state index in [9.17, 15) is 9.59 Å². The number of amides is 2. The van der Waals surface area contributed by atoms with E-state index in [1.165, 1.54) is 38.5 Å². The van der Waals surface area contributed by atoms with Crippen molar-refractivity contribution in [3.8, 4) is 0 Å². The summed E-state index contributed by atoms with van der Waals surface area (Å²) in [6, 6.07) is 0.232. The zero-order valence-corrected chi connectivity index (χ0v) is 17.8. The van der Waals surface area contributed by atoms with Gasteiger partial charge >= 0.3 is 0 Å². The smallest absolute Gasteiger partial charge is 0.234 e. The Bertz CT molecular complexity index is 491. The van der Waals surface area contributed by atoms with E-state index >= 15 is 0 Å². The molecule has 2 amide bonds. The zero-order chi connectivity index (χ0) is 19.8. The van der Waals surface area contributed by atoms with Crippen LogP contribution in [0.15, 0.2) is 0 Å². The van der Waals surface area contributed by atoms with Gasteiger partial charge in [0, 0.05) is 25.0 Å². The van der Waals surface area contributed by atoms with Gasteiger partial charge < -0.3 is 15.5 Å². The second-order valence-corrected chi connectivity index (χ2v) is 9.11. The summed E-state index contributed by atoms with van der Waals surface area (Å²) in [6.45, 7) is 5.30. The fraction of sp³-hybridized carbons (Fsp3) is 0.909. The maximum absolute atomic E-state index is 12.7. The van der Waals surface area contributed by atoms with Gasteiger partial charge in [0.15, 0.2) is 0 Å². The number of carbonyl (C=O) groups is 2. The molecule has 3 rings (SSSR count). The summed E-state index contributed by atoms with van der Waals surface area (Å²) in [6.07, 6.45) is 11.3. The van der Waals surface area contributed by atoms with Gasteiger partial charge in [0.25, 0.3) is 0 Å². The molecule has 160 valence electrons. The Morgan fingerprint density at radius 3 is 2.21 bits per heavy atom. The molecule has 6 heteroatoms. The van der Waals surface area contributed by atoms with Crippen molar-refractivity contribution in [2.75, 3.05) is 46.3 Å². The molecule has 2 N–H and O–H groups in total. The molecule has 1 saturated carbocycles. The van der Waals surface area contributed by atoms with Crippen molar-refractivity contribution in [2.24, 2.45) is 11.8 Å². The molecule has 1 aliphatic carbocycles. The molecule has 0 aromatic rings. The van der Waals surface area contributed by atoms with Crippen molar-refractivity contribution in [3.05, 3.63) is 0 Å². The molecule has 2 saturated heterocycles. The van der Waals surface area contributed by atoms with Gasteiger partial charge in [-0.2, -0.15) is 0 Å². The maximum atomic E-state index is 12.7. The quantitative estimate of drug-likeness (QED) is 0.696. The van der Waals surface area contributed by atoms with Crippen LogP contribution in [-0.4, -0.2) is 74.0 Å². The molecule has 3 aliphatic rings. The molecule has 0 aromatic carbocycles. The van der Waals surface area contributed by atoms with Crippen LogP contribution >= 0.6 is 0 Å². The second kappa shape index (κ2) is 11.1. The highest BCUT2D eigenvalue weighted by molar-refractivity contribution is 5.79. The second-order valence-electron chi connectivity index (χ2n) is 9.11. The number of nitrogens with zero attached hydrogens (tertiary/aromatic N) is 2. The molecular formula is C22H40N4O2. The molecule has 0 bridgehead atoms. The lowest BCUT2D eigenvalue weighted by molar-refractivity contribution is -0.137. The van der Waals surface area contributed by atoms with Crippen LogP contribution in [0, 0.1) is 11.8 Å². The minimum atomic E-state index is 0.158. The Labute approximate surface area is 170 Å². The Balaban J connectivity index is 1.31. The predicted molar refractivity (Wildman–Crippen MR) is 112 cm³/mol. The number of hydrogen-bond donors (Lipinski definition) is 2.